The Morgan fingerprint density at radius 2 is 2.00 bits per heavy atom. The summed E-state index contributed by atoms with van der Waals surface area (Å²) in [6.07, 6.45) is 0.219. The summed E-state index contributed by atoms with van der Waals surface area (Å²) in [6.45, 7) is 5.93. The molecular weight excluding hydrogens is 190 g/mol. The summed E-state index contributed by atoms with van der Waals surface area (Å²) in [5.41, 5.74) is 0. The zero-order chi connectivity index (χ0) is 10.4. The molecule has 0 aromatic rings. The van der Waals surface area contributed by atoms with Gasteiger partial charge in [0.2, 0.25) is 5.91 Å². The number of nitrogens with one attached hydrogen (secondary N) is 1. The molecule has 0 aromatic heterocycles. The van der Waals surface area contributed by atoms with Crippen LogP contribution in [-0.2, 0) is 4.79 Å². The second-order valence-electron chi connectivity index (χ2n) is 3.64. The van der Waals surface area contributed by atoms with Crippen LogP contribution in [0.1, 0.15) is 27.2 Å². The van der Waals surface area contributed by atoms with Crippen LogP contribution in [0.4, 0.5) is 0 Å². The van der Waals surface area contributed by atoms with Crippen molar-refractivity contribution in [2.24, 2.45) is 5.92 Å². The molecule has 0 rings (SSSR count). The van der Waals surface area contributed by atoms with Crippen molar-refractivity contribution < 1.29 is 9.90 Å². The molecule has 2 atom stereocenters. The van der Waals surface area contributed by atoms with E-state index in [1.165, 1.54) is 0 Å². The first kappa shape index (κ1) is 12.7. The number of carbonyl (C=O) groups excluding carboxylic acids is 1. The van der Waals surface area contributed by atoms with Crippen molar-refractivity contribution in [3.8, 4) is 0 Å². The Morgan fingerprint density at radius 1 is 1.46 bits per heavy atom. The third-order valence-corrected chi connectivity index (χ3v) is 1.81. The minimum Gasteiger partial charge on any atom is -0.391 e. The molecule has 2 unspecified atom stereocenters. The minimum absolute atomic E-state index is 0.232. The largest absolute Gasteiger partial charge is 0.391 e. The Bertz CT molecular complexity index is 160. The van der Waals surface area contributed by atoms with Crippen LogP contribution in [0.5, 0.6) is 0 Å². The third kappa shape index (κ3) is 6.84. The van der Waals surface area contributed by atoms with E-state index < -0.39 is 11.5 Å². The van der Waals surface area contributed by atoms with Gasteiger partial charge in [0, 0.05) is 6.54 Å². The van der Waals surface area contributed by atoms with Crippen LogP contribution < -0.4 is 5.32 Å². The van der Waals surface area contributed by atoms with Crippen molar-refractivity contribution in [3.63, 3.8) is 0 Å². The van der Waals surface area contributed by atoms with Crippen molar-refractivity contribution in [2.75, 3.05) is 6.54 Å². The highest BCUT2D eigenvalue weighted by molar-refractivity contribution is 6.30. The SMILES string of the molecule is CC(C)CC(O)CNC(=O)C(C)Cl. The molecule has 1 amide bonds. The molecule has 0 aliphatic heterocycles. The van der Waals surface area contributed by atoms with Crippen LogP contribution in [0, 0.1) is 5.92 Å². The molecule has 0 aliphatic carbocycles. The van der Waals surface area contributed by atoms with E-state index in [-0.39, 0.29) is 12.5 Å². The van der Waals surface area contributed by atoms with Gasteiger partial charge in [-0.1, -0.05) is 13.8 Å². The van der Waals surface area contributed by atoms with Crippen molar-refractivity contribution in [3.05, 3.63) is 0 Å². The molecule has 0 radical (unpaired) electrons. The van der Waals surface area contributed by atoms with Crippen molar-refractivity contribution in [1.82, 2.24) is 5.32 Å². The number of hydrogen-bond donors (Lipinski definition) is 2. The van der Waals surface area contributed by atoms with E-state index in [2.05, 4.69) is 5.32 Å². The van der Waals surface area contributed by atoms with Gasteiger partial charge in [-0.3, -0.25) is 4.79 Å². The average Bonchev–Trinajstić information content (AvgIpc) is 1.98. The van der Waals surface area contributed by atoms with E-state index in [9.17, 15) is 9.90 Å². The first-order valence-electron chi connectivity index (χ1n) is 4.53. The van der Waals surface area contributed by atoms with Gasteiger partial charge in [-0.05, 0) is 19.3 Å². The molecule has 0 aromatic carbocycles. The highest BCUT2D eigenvalue weighted by Gasteiger charge is 2.11. The second kappa shape index (κ2) is 6.22. The van der Waals surface area contributed by atoms with Gasteiger partial charge in [-0.25, -0.2) is 0 Å². The molecule has 0 bridgehead atoms. The lowest BCUT2D eigenvalue weighted by Gasteiger charge is -2.14. The number of aliphatic hydroxyl groups excluding tert-OH is 1. The fraction of sp³-hybridized carbons (Fsp3) is 0.889. The predicted molar refractivity (Wildman–Crippen MR) is 53.8 cm³/mol. The Balaban J connectivity index is 3.58. The lowest BCUT2D eigenvalue weighted by molar-refractivity contribution is -0.120. The molecule has 0 fully saturated rings. The number of rotatable bonds is 5. The zero-order valence-corrected chi connectivity index (χ0v) is 9.14. The van der Waals surface area contributed by atoms with Gasteiger partial charge < -0.3 is 10.4 Å². The molecule has 0 aliphatic rings. The monoisotopic (exact) mass is 207 g/mol. The molecular formula is C9H18ClNO2. The van der Waals surface area contributed by atoms with Gasteiger partial charge in [0.1, 0.15) is 5.38 Å². The first-order chi connectivity index (χ1) is 5.93. The summed E-state index contributed by atoms with van der Waals surface area (Å²) in [7, 11) is 0. The molecule has 0 heterocycles. The predicted octanol–water partition coefficient (Wildman–Crippen LogP) is 1.14. The van der Waals surface area contributed by atoms with E-state index in [1.54, 1.807) is 6.92 Å². The van der Waals surface area contributed by atoms with Crippen molar-refractivity contribution >= 4 is 17.5 Å². The van der Waals surface area contributed by atoms with Crippen LogP contribution in [-0.4, -0.2) is 29.0 Å². The maximum absolute atomic E-state index is 11.0. The smallest absolute Gasteiger partial charge is 0.237 e. The Labute approximate surface area is 84.5 Å². The van der Waals surface area contributed by atoms with Crippen molar-refractivity contribution in [2.45, 2.75) is 38.7 Å². The Morgan fingerprint density at radius 3 is 2.38 bits per heavy atom. The van der Waals surface area contributed by atoms with Gasteiger partial charge in [0.25, 0.3) is 0 Å². The van der Waals surface area contributed by atoms with E-state index in [1.807, 2.05) is 13.8 Å². The number of amides is 1. The van der Waals surface area contributed by atoms with Crippen molar-refractivity contribution in [1.29, 1.82) is 0 Å². The molecule has 0 spiro atoms. The van der Waals surface area contributed by atoms with E-state index in [4.69, 9.17) is 11.6 Å². The Kier molecular flexibility index (Phi) is 6.08. The van der Waals surface area contributed by atoms with E-state index >= 15 is 0 Å². The van der Waals surface area contributed by atoms with Gasteiger partial charge in [0.05, 0.1) is 6.10 Å². The summed E-state index contributed by atoms with van der Waals surface area (Å²) in [4.78, 5) is 11.0. The standard InChI is InChI=1S/C9H18ClNO2/c1-6(2)4-8(12)5-11-9(13)7(3)10/h6-8,12H,4-5H2,1-3H3,(H,11,13). The summed E-state index contributed by atoms with van der Waals surface area (Å²) in [6, 6.07) is 0. The highest BCUT2D eigenvalue weighted by atomic mass is 35.5. The normalized spacial score (nSPS) is 15.5. The molecule has 2 N–H and O–H groups in total. The third-order valence-electron chi connectivity index (χ3n) is 1.62. The number of aliphatic hydroxyl groups is 1. The lowest BCUT2D eigenvalue weighted by atomic mass is 10.1. The molecule has 0 saturated carbocycles. The van der Waals surface area contributed by atoms with Crippen LogP contribution >= 0.6 is 11.6 Å². The molecule has 4 heteroatoms. The summed E-state index contributed by atoms with van der Waals surface area (Å²) >= 11 is 5.52. The fourth-order valence-corrected chi connectivity index (χ4v) is 1.06. The van der Waals surface area contributed by atoms with Crippen LogP contribution in [0.3, 0.4) is 0 Å². The quantitative estimate of drug-likeness (QED) is 0.665. The molecule has 78 valence electrons. The van der Waals surface area contributed by atoms with Crippen LogP contribution in [0.15, 0.2) is 0 Å². The highest BCUT2D eigenvalue weighted by Crippen LogP contribution is 2.03. The van der Waals surface area contributed by atoms with Crippen LogP contribution in [0.2, 0.25) is 0 Å². The zero-order valence-electron chi connectivity index (χ0n) is 8.38. The number of hydrogen-bond acceptors (Lipinski definition) is 2. The van der Waals surface area contributed by atoms with Gasteiger partial charge in [-0.2, -0.15) is 0 Å². The maximum Gasteiger partial charge on any atom is 0.237 e. The van der Waals surface area contributed by atoms with E-state index in [0.717, 1.165) is 0 Å². The number of alkyl halides is 1. The summed E-state index contributed by atoms with van der Waals surface area (Å²) in [5, 5.41) is 11.4. The maximum atomic E-state index is 11.0. The van der Waals surface area contributed by atoms with Gasteiger partial charge >= 0.3 is 0 Å². The first-order valence-corrected chi connectivity index (χ1v) is 4.97. The lowest BCUT2D eigenvalue weighted by Crippen LogP contribution is -2.36. The molecule has 3 nitrogen and oxygen atoms in total. The molecule has 13 heavy (non-hydrogen) atoms. The van der Waals surface area contributed by atoms with Crippen LogP contribution in [0.25, 0.3) is 0 Å². The average molecular weight is 208 g/mol. The fourth-order valence-electron chi connectivity index (χ4n) is 0.987. The second-order valence-corrected chi connectivity index (χ2v) is 4.30. The minimum atomic E-state index is -0.536. The number of carbonyl (C=O) groups is 1. The van der Waals surface area contributed by atoms with E-state index in [0.29, 0.717) is 12.3 Å². The Hall–Kier alpha value is -0.280. The van der Waals surface area contributed by atoms with Gasteiger partial charge in [0.15, 0.2) is 0 Å². The van der Waals surface area contributed by atoms with Gasteiger partial charge in [-0.15, -0.1) is 11.6 Å². The molecule has 0 saturated heterocycles. The number of halogens is 1. The topological polar surface area (TPSA) is 49.3 Å². The summed E-state index contributed by atoms with van der Waals surface area (Å²) < 4.78 is 0. The summed E-state index contributed by atoms with van der Waals surface area (Å²) in [5.74, 6) is 0.199.